The molecule has 2 rings (SSSR count). The molecule has 0 radical (unpaired) electrons. The van der Waals surface area contributed by atoms with E-state index in [-0.39, 0.29) is 5.75 Å². The summed E-state index contributed by atoms with van der Waals surface area (Å²) in [6.07, 6.45) is -0.291. The summed E-state index contributed by atoms with van der Waals surface area (Å²) >= 11 is 3.36. The maximum atomic E-state index is 13.6. The highest BCUT2D eigenvalue weighted by Gasteiger charge is 2.11. The number of hydrogen-bond donors (Lipinski definition) is 1. The summed E-state index contributed by atoms with van der Waals surface area (Å²) in [7, 11) is 1.41. The van der Waals surface area contributed by atoms with E-state index in [4.69, 9.17) is 4.74 Å². The first-order valence-electron chi connectivity index (χ1n) is 5.86. The molecule has 1 N–H and O–H groups in total. The SMILES string of the molecule is COc1ccc(C(O)Cc2ccc(Br)cc2)cc1F. The third-order valence-electron chi connectivity index (χ3n) is 2.90. The van der Waals surface area contributed by atoms with Crippen LogP contribution in [0.3, 0.4) is 0 Å². The third-order valence-corrected chi connectivity index (χ3v) is 3.43. The van der Waals surface area contributed by atoms with Gasteiger partial charge in [0.2, 0.25) is 0 Å². The standard InChI is InChI=1S/C15H14BrFO2/c1-19-15-7-4-11(9-13(15)17)14(18)8-10-2-5-12(16)6-3-10/h2-7,9,14,18H,8H2,1H3. The van der Waals surface area contributed by atoms with Crippen LogP contribution in [0.4, 0.5) is 4.39 Å². The van der Waals surface area contributed by atoms with Gasteiger partial charge in [-0.3, -0.25) is 0 Å². The van der Waals surface area contributed by atoms with E-state index in [1.165, 1.54) is 19.2 Å². The van der Waals surface area contributed by atoms with Crippen LogP contribution >= 0.6 is 15.9 Å². The molecule has 0 aromatic heterocycles. The van der Waals surface area contributed by atoms with E-state index in [0.717, 1.165) is 10.0 Å². The van der Waals surface area contributed by atoms with Gasteiger partial charge in [-0.1, -0.05) is 34.1 Å². The molecule has 0 spiro atoms. The number of aliphatic hydroxyl groups is 1. The van der Waals surface area contributed by atoms with Gasteiger partial charge in [-0.05, 0) is 35.4 Å². The van der Waals surface area contributed by atoms with Gasteiger partial charge in [-0.15, -0.1) is 0 Å². The zero-order valence-electron chi connectivity index (χ0n) is 10.4. The highest BCUT2D eigenvalue weighted by Crippen LogP contribution is 2.24. The Morgan fingerprint density at radius 3 is 2.47 bits per heavy atom. The van der Waals surface area contributed by atoms with E-state index in [1.54, 1.807) is 6.07 Å². The molecular weight excluding hydrogens is 311 g/mol. The maximum absolute atomic E-state index is 13.6. The Bertz CT molecular complexity index is 555. The van der Waals surface area contributed by atoms with E-state index < -0.39 is 11.9 Å². The third kappa shape index (κ3) is 3.55. The normalized spacial score (nSPS) is 12.2. The van der Waals surface area contributed by atoms with E-state index >= 15 is 0 Å². The minimum Gasteiger partial charge on any atom is -0.494 e. The molecule has 0 aliphatic carbocycles. The van der Waals surface area contributed by atoms with Gasteiger partial charge in [0.05, 0.1) is 13.2 Å². The smallest absolute Gasteiger partial charge is 0.165 e. The van der Waals surface area contributed by atoms with Crippen LogP contribution in [0.15, 0.2) is 46.9 Å². The van der Waals surface area contributed by atoms with E-state index in [2.05, 4.69) is 15.9 Å². The summed E-state index contributed by atoms with van der Waals surface area (Å²) in [6, 6.07) is 12.2. The zero-order chi connectivity index (χ0) is 13.8. The molecule has 0 saturated carbocycles. The second kappa shape index (κ2) is 6.17. The first kappa shape index (κ1) is 14.0. The topological polar surface area (TPSA) is 29.5 Å². The van der Waals surface area contributed by atoms with Crippen molar-refractivity contribution in [2.24, 2.45) is 0 Å². The fourth-order valence-electron chi connectivity index (χ4n) is 1.85. The van der Waals surface area contributed by atoms with Gasteiger partial charge >= 0.3 is 0 Å². The molecule has 1 atom stereocenters. The van der Waals surface area contributed by atoms with Crippen molar-refractivity contribution >= 4 is 15.9 Å². The quantitative estimate of drug-likeness (QED) is 0.925. The Hall–Kier alpha value is -1.39. The average Bonchev–Trinajstić information content (AvgIpc) is 2.41. The van der Waals surface area contributed by atoms with Gasteiger partial charge in [0.25, 0.3) is 0 Å². The molecule has 0 bridgehead atoms. The van der Waals surface area contributed by atoms with Gasteiger partial charge in [-0.2, -0.15) is 0 Å². The second-order valence-corrected chi connectivity index (χ2v) is 5.16. The number of rotatable bonds is 4. The van der Waals surface area contributed by atoms with Gasteiger partial charge in [0, 0.05) is 10.9 Å². The highest BCUT2D eigenvalue weighted by molar-refractivity contribution is 9.10. The minimum absolute atomic E-state index is 0.180. The monoisotopic (exact) mass is 324 g/mol. The van der Waals surface area contributed by atoms with Crippen molar-refractivity contribution in [1.82, 2.24) is 0 Å². The fraction of sp³-hybridized carbons (Fsp3) is 0.200. The zero-order valence-corrected chi connectivity index (χ0v) is 12.0. The molecule has 0 aliphatic heterocycles. The molecule has 100 valence electrons. The predicted molar refractivity (Wildman–Crippen MR) is 75.8 cm³/mol. The van der Waals surface area contributed by atoms with Crippen molar-refractivity contribution in [3.63, 3.8) is 0 Å². The molecule has 0 saturated heterocycles. The van der Waals surface area contributed by atoms with Crippen molar-refractivity contribution in [2.75, 3.05) is 7.11 Å². The lowest BCUT2D eigenvalue weighted by Gasteiger charge is -2.12. The van der Waals surface area contributed by atoms with Crippen molar-refractivity contribution < 1.29 is 14.2 Å². The molecule has 19 heavy (non-hydrogen) atoms. The number of benzene rings is 2. The summed E-state index contributed by atoms with van der Waals surface area (Å²) in [4.78, 5) is 0. The largest absolute Gasteiger partial charge is 0.494 e. The summed E-state index contributed by atoms with van der Waals surface area (Å²) in [5.74, 6) is -0.283. The number of aliphatic hydroxyl groups excluding tert-OH is 1. The van der Waals surface area contributed by atoms with Crippen LogP contribution < -0.4 is 4.74 Å². The average molecular weight is 325 g/mol. The lowest BCUT2D eigenvalue weighted by molar-refractivity contribution is 0.178. The summed E-state index contributed by atoms with van der Waals surface area (Å²) in [6.45, 7) is 0. The first-order valence-corrected chi connectivity index (χ1v) is 6.65. The molecule has 4 heteroatoms. The first-order chi connectivity index (χ1) is 9.10. The molecule has 0 amide bonds. The van der Waals surface area contributed by atoms with Crippen LogP contribution in [0.25, 0.3) is 0 Å². The second-order valence-electron chi connectivity index (χ2n) is 4.24. The Balaban J connectivity index is 2.13. The van der Waals surface area contributed by atoms with Crippen LogP contribution in [0.5, 0.6) is 5.75 Å². The van der Waals surface area contributed by atoms with Crippen LogP contribution in [0.1, 0.15) is 17.2 Å². The fourth-order valence-corrected chi connectivity index (χ4v) is 2.12. The highest BCUT2D eigenvalue weighted by atomic mass is 79.9. The molecule has 1 unspecified atom stereocenters. The van der Waals surface area contributed by atoms with Crippen molar-refractivity contribution in [1.29, 1.82) is 0 Å². The van der Waals surface area contributed by atoms with E-state index in [1.807, 2.05) is 24.3 Å². The van der Waals surface area contributed by atoms with Gasteiger partial charge in [-0.25, -0.2) is 4.39 Å². The van der Waals surface area contributed by atoms with Gasteiger partial charge in [0.1, 0.15) is 0 Å². The summed E-state index contributed by atoms with van der Waals surface area (Å²) in [5.41, 5.74) is 1.54. The summed E-state index contributed by atoms with van der Waals surface area (Å²) < 4.78 is 19.4. The number of ether oxygens (including phenoxy) is 1. The van der Waals surface area contributed by atoms with Crippen LogP contribution in [-0.2, 0) is 6.42 Å². The predicted octanol–water partition coefficient (Wildman–Crippen LogP) is 3.87. The lowest BCUT2D eigenvalue weighted by Crippen LogP contribution is -2.02. The van der Waals surface area contributed by atoms with Gasteiger partial charge < -0.3 is 9.84 Å². The molecule has 0 heterocycles. The Labute approximate surface area is 120 Å². The van der Waals surface area contributed by atoms with Crippen molar-refractivity contribution in [3.8, 4) is 5.75 Å². The molecule has 2 nitrogen and oxygen atoms in total. The Morgan fingerprint density at radius 2 is 1.89 bits per heavy atom. The molecular formula is C15H14BrFO2. The van der Waals surface area contributed by atoms with E-state index in [9.17, 15) is 9.50 Å². The van der Waals surface area contributed by atoms with Crippen LogP contribution in [0, 0.1) is 5.82 Å². The number of hydrogen-bond acceptors (Lipinski definition) is 2. The summed E-state index contributed by atoms with van der Waals surface area (Å²) in [5, 5.41) is 10.1. The molecule has 0 fully saturated rings. The van der Waals surface area contributed by atoms with E-state index in [0.29, 0.717) is 12.0 Å². The van der Waals surface area contributed by atoms with Crippen molar-refractivity contribution in [2.45, 2.75) is 12.5 Å². The van der Waals surface area contributed by atoms with Crippen molar-refractivity contribution in [3.05, 3.63) is 63.9 Å². The molecule has 2 aromatic carbocycles. The molecule has 2 aromatic rings. The minimum atomic E-state index is -0.735. The van der Waals surface area contributed by atoms with Crippen LogP contribution in [0.2, 0.25) is 0 Å². The Kier molecular flexibility index (Phi) is 4.56. The maximum Gasteiger partial charge on any atom is 0.165 e. The van der Waals surface area contributed by atoms with Gasteiger partial charge in [0.15, 0.2) is 11.6 Å². The lowest BCUT2D eigenvalue weighted by atomic mass is 10.0. The number of methoxy groups -OCH3 is 1. The number of halogens is 2. The van der Waals surface area contributed by atoms with Crippen LogP contribution in [-0.4, -0.2) is 12.2 Å². The molecule has 0 aliphatic rings. The Morgan fingerprint density at radius 1 is 1.21 bits per heavy atom.